The maximum atomic E-state index is 9.85. The number of hydrogen-bond acceptors (Lipinski definition) is 5. The van der Waals surface area contributed by atoms with E-state index >= 15 is 0 Å². The minimum atomic E-state index is 0.184. The third-order valence-corrected chi connectivity index (χ3v) is 4.28. The Labute approximate surface area is 133 Å². The topological polar surface area (TPSA) is 62.0 Å². The van der Waals surface area contributed by atoms with Gasteiger partial charge in [0, 0.05) is 38.8 Å². The van der Waals surface area contributed by atoms with Crippen LogP contribution in [0.4, 0.5) is 0 Å². The summed E-state index contributed by atoms with van der Waals surface area (Å²) < 4.78 is 5.49. The van der Waals surface area contributed by atoms with Gasteiger partial charge in [0.15, 0.2) is 11.5 Å². The van der Waals surface area contributed by atoms with Gasteiger partial charge in [-0.05, 0) is 37.6 Å². The summed E-state index contributed by atoms with van der Waals surface area (Å²) >= 11 is 0. The molecule has 1 heterocycles. The van der Waals surface area contributed by atoms with Crippen LogP contribution in [-0.2, 0) is 0 Å². The summed E-state index contributed by atoms with van der Waals surface area (Å²) in [5.74, 6) is 0.734. The molecule has 0 radical (unpaired) electrons. The lowest BCUT2D eigenvalue weighted by Gasteiger charge is -2.39. The highest BCUT2D eigenvalue weighted by Crippen LogP contribution is 2.31. The predicted molar refractivity (Wildman–Crippen MR) is 89.4 cm³/mol. The van der Waals surface area contributed by atoms with Gasteiger partial charge in [0.1, 0.15) is 0 Å². The third-order valence-electron chi connectivity index (χ3n) is 4.28. The highest BCUT2D eigenvalue weighted by Gasteiger charge is 2.24. The van der Waals surface area contributed by atoms with Gasteiger partial charge in [0.2, 0.25) is 0 Å². The third kappa shape index (κ3) is 4.12. The lowest BCUT2D eigenvalue weighted by molar-refractivity contribution is 0.0984. The first-order valence-corrected chi connectivity index (χ1v) is 8.31. The number of nitrogens with zero attached hydrogens (tertiary/aromatic N) is 2. The molecule has 1 aromatic carbocycles. The zero-order valence-corrected chi connectivity index (χ0v) is 13.8. The van der Waals surface area contributed by atoms with Crippen LogP contribution in [0, 0.1) is 0 Å². The normalized spacial score (nSPS) is 18.3. The number of nitrogens with two attached hydrogens (primary N) is 1. The molecule has 1 aliphatic heterocycles. The Morgan fingerprint density at radius 2 is 1.95 bits per heavy atom. The summed E-state index contributed by atoms with van der Waals surface area (Å²) in [6.45, 7) is 10.7. The van der Waals surface area contributed by atoms with Crippen molar-refractivity contribution < 1.29 is 9.84 Å². The molecule has 0 aromatic heterocycles. The first-order valence-electron chi connectivity index (χ1n) is 8.31. The number of hydrogen-bond donors (Lipinski definition) is 2. The molecule has 1 unspecified atom stereocenters. The summed E-state index contributed by atoms with van der Waals surface area (Å²) in [7, 11) is 0. The smallest absolute Gasteiger partial charge is 0.161 e. The molecule has 124 valence electrons. The molecule has 0 amide bonds. The highest BCUT2D eigenvalue weighted by molar-refractivity contribution is 5.43. The number of phenols is 1. The largest absolute Gasteiger partial charge is 0.504 e. The van der Waals surface area contributed by atoms with E-state index in [1.807, 2.05) is 19.1 Å². The van der Waals surface area contributed by atoms with Crippen molar-refractivity contribution in [2.75, 3.05) is 45.9 Å². The molecular weight excluding hydrogens is 278 g/mol. The molecule has 0 aliphatic carbocycles. The fourth-order valence-electron chi connectivity index (χ4n) is 3.12. The van der Waals surface area contributed by atoms with E-state index in [4.69, 9.17) is 10.5 Å². The van der Waals surface area contributed by atoms with Crippen LogP contribution in [0.3, 0.4) is 0 Å². The second-order valence-corrected chi connectivity index (χ2v) is 5.79. The highest BCUT2D eigenvalue weighted by atomic mass is 16.5. The first-order chi connectivity index (χ1) is 10.7. The van der Waals surface area contributed by atoms with Gasteiger partial charge in [-0.1, -0.05) is 13.0 Å². The van der Waals surface area contributed by atoms with Crippen molar-refractivity contribution in [1.29, 1.82) is 0 Å². The molecule has 1 atom stereocenters. The Balaban J connectivity index is 2.07. The molecule has 0 saturated carbocycles. The predicted octanol–water partition coefficient (Wildman–Crippen LogP) is 1.82. The summed E-state index contributed by atoms with van der Waals surface area (Å²) in [5, 5.41) is 9.85. The van der Waals surface area contributed by atoms with Gasteiger partial charge in [-0.3, -0.25) is 4.90 Å². The number of aromatic hydroxyl groups is 1. The molecule has 1 aliphatic rings. The lowest BCUT2D eigenvalue weighted by Crippen LogP contribution is -2.49. The number of ether oxygens (including phenoxy) is 1. The van der Waals surface area contributed by atoms with E-state index in [0.29, 0.717) is 18.9 Å². The maximum Gasteiger partial charge on any atom is 0.161 e. The molecule has 2 rings (SSSR count). The molecule has 3 N–H and O–H groups in total. The molecule has 5 nitrogen and oxygen atoms in total. The van der Waals surface area contributed by atoms with E-state index < -0.39 is 0 Å². The van der Waals surface area contributed by atoms with Gasteiger partial charge in [-0.25, -0.2) is 0 Å². The summed E-state index contributed by atoms with van der Waals surface area (Å²) in [6, 6.07) is 5.77. The molecule has 1 aromatic rings. The Bertz CT molecular complexity index is 459. The molecule has 22 heavy (non-hydrogen) atoms. The molecule has 0 bridgehead atoms. The van der Waals surface area contributed by atoms with Crippen LogP contribution in [0.15, 0.2) is 18.2 Å². The summed E-state index contributed by atoms with van der Waals surface area (Å²) in [6.07, 6.45) is 1.20. The summed E-state index contributed by atoms with van der Waals surface area (Å²) in [4.78, 5) is 4.95. The lowest BCUT2D eigenvalue weighted by atomic mass is 10.0. The maximum absolute atomic E-state index is 9.85. The number of rotatable bonds is 7. The van der Waals surface area contributed by atoms with Crippen LogP contribution in [0.1, 0.15) is 31.9 Å². The van der Waals surface area contributed by atoms with Crippen LogP contribution >= 0.6 is 0 Å². The van der Waals surface area contributed by atoms with E-state index in [1.165, 1.54) is 13.0 Å². The van der Waals surface area contributed by atoms with E-state index in [-0.39, 0.29) is 11.8 Å². The van der Waals surface area contributed by atoms with Crippen LogP contribution in [0.2, 0.25) is 0 Å². The Morgan fingerprint density at radius 3 is 2.55 bits per heavy atom. The fourth-order valence-corrected chi connectivity index (χ4v) is 3.12. The van der Waals surface area contributed by atoms with Crippen molar-refractivity contribution in [1.82, 2.24) is 9.80 Å². The van der Waals surface area contributed by atoms with Crippen molar-refractivity contribution >= 4 is 0 Å². The Morgan fingerprint density at radius 1 is 1.23 bits per heavy atom. The number of phenolic OH excluding ortho intramolecular Hbond substituents is 1. The number of piperazine rings is 1. The quantitative estimate of drug-likeness (QED) is 0.804. The second-order valence-electron chi connectivity index (χ2n) is 5.79. The van der Waals surface area contributed by atoms with Crippen LogP contribution < -0.4 is 10.5 Å². The van der Waals surface area contributed by atoms with E-state index in [2.05, 4.69) is 16.7 Å². The average Bonchev–Trinajstić information content (AvgIpc) is 2.53. The summed E-state index contributed by atoms with van der Waals surface area (Å²) in [5.41, 5.74) is 7.15. The molecular formula is C17H29N3O2. The molecule has 0 spiro atoms. The van der Waals surface area contributed by atoms with Gasteiger partial charge in [-0.15, -0.1) is 0 Å². The molecule has 1 saturated heterocycles. The van der Waals surface area contributed by atoms with Crippen LogP contribution in [0.5, 0.6) is 11.5 Å². The molecule has 5 heteroatoms. The monoisotopic (exact) mass is 307 g/mol. The van der Waals surface area contributed by atoms with Gasteiger partial charge < -0.3 is 20.5 Å². The van der Waals surface area contributed by atoms with Crippen molar-refractivity contribution in [3.8, 4) is 11.5 Å². The average molecular weight is 307 g/mol. The van der Waals surface area contributed by atoms with Crippen molar-refractivity contribution in [3.05, 3.63) is 23.8 Å². The fraction of sp³-hybridized carbons (Fsp3) is 0.647. The Kier molecular flexibility index (Phi) is 6.49. The first kappa shape index (κ1) is 17.1. The minimum Gasteiger partial charge on any atom is -0.504 e. The van der Waals surface area contributed by atoms with Gasteiger partial charge in [-0.2, -0.15) is 0 Å². The van der Waals surface area contributed by atoms with Gasteiger partial charge in [0.25, 0.3) is 0 Å². The van der Waals surface area contributed by atoms with Crippen LogP contribution in [0.25, 0.3) is 0 Å². The van der Waals surface area contributed by atoms with Gasteiger partial charge >= 0.3 is 0 Å². The van der Waals surface area contributed by atoms with E-state index in [1.54, 1.807) is 6.07 Å². The molecule has 1 fully saturated rings. The zero-order chi connectivity index (χ0) is 15.9. The number of benzene rings is 1. The van der Waals surface area contributed by atoms with Gasteiger partial charge in [0.05, 0.1) is 6.61 Å². The Hall–Kier alpha value is -1.30. The van der Waals surface area contributed by atoms with Crippen molar-refractivity contribution in [3.63, 3.8) is 0 Å². The second kappa shape index (κ2) is 8.36. The van der Waals surface area contributed by atoms with E-state index in [0.717, 1.165) is 31.7 Å². The standard InChI is InChI=1S/C17H29N3O2/c1-3-7-19-8-10-20(11-9-19)15(13-18)14-5-6-16(21)17(12-14)22-4-2/h5-6,12,15,21H,3-4,7-11,13,18H2,1-2H3. The van der Waals surface area contributed by atoms with Crippen molar-refractivity contribution in [2.45, 2.75) is 26.3 Å². The SMILES string of the molecule is CCCN1CCN(C(CN)c2ccc(O)c(OCC)c2)CC1. The van der Waals surface area contributed by atoms with Crippen LogP contribution in [-0.4, -0.2) is 60.8 Å². The minimum absolute atomic E-state index is 0.184. The van der Waals surface area contributed by atoms with Crippen molar-refractivity contribution in [2.24, 2.45) is 5.73 Å². The van der Waals surface area contributed by atoms with E-state index in [9.17, 15) is 5.11 Å². The zero-order valence-electron chi connectivity index (χ0n) is 13.8.